The third kappa shape index (κ3) is 2.93. The first-order valence-corrected chi connectivity index (χ1v) is 8.03. The SMILES string of the molecule is COC(=O)Nc1nc(NCC2CC(C3CC3)C2)c2[nH]ncc2n1. The number of carbonyl (C=O) groups excluding carboxylic acids is 1. The Bertz CT molecular complexity index is 720. The summed E-state index contributed by atoms with van der Waals surface area (Å²) in [6.07, 6.45) is 6.48. The molecule has 8 heteroatoms. The van der Waals surface area contributed by atoms with Crippen molar-refractivity contribution in [2.75, 3.05) is 24.3 Å². The van der Waals surface area contributed by atoms with Gasteiger partial charge in [-0.1, -0.05) is 0 Å². The van der Waals surface area contributed by atoms with Crippen molar-refractivity contribution in [3.8, 4) is 0 Å². The average Bonchev–Trinajstić information content (AvgIpc) is 3.22. The van der Waals surface area contributed by atoms with Gasteiger partial charge in [-0.2, -0.15) is 10.1 Å². The average molecular weight is 316 g/mol. The lowest BCUT2D eigenvalue weighted by molar-refractivity contribution is 0.179. The third-order valence-electron chi connectivity index (χ3n) is 4.82. The first kappa shape index (κ1) is 14.2. The fraction of sp³-hybridized carbons (Fsp3) is 0.600. The minimum atomic E-state index is -0.593. The highest BCUT2D eigenvalue weighted by molar-refractivity contribution is 5.89. The van der Waals surface area contributed by atoms with E-state index in [0.29, 0.717) is 17.3 Å². The van der Waals surface area contributed by atoms with Gasteiger partial charge in [-0.3, -0.25) is 10.4 Å². The number of hydrogen-bond acceptors (Lipinski definition) is 6. The highest BCUT2D eigenvalue weighted by atomic mass is 16.5. The number of methoxy groups -OCH3 is 1. The van der Waals surface area contributed by atoms with Gasteiger partial charge in [-0.05, 0) is 43.4 Å². The Morgan fingerprint density at radius 2 is 2.17 bits per heavy atom. The molecule has 0 spiro atoms. The molecule has 2 heterocycles. The summed E-state index contributed by atoms with van der Waals surface area (Å²) in [5, 5.41) is 12.8. The second-order valence-corrected chi connectivity index (χ2v) is 6.46. The normalized spacial score (nSPS) is 23.3. The van der Waals surface area contributed by atoms with E-state index in [1.807, 2.05) is 0 Å². The third-order valence-corrected chi connectivity index (χ3v) is 4.82. The van der Waals surface area contributed by atoms with Gasteiger partial charge in [0.2, 0.25) is 5.95 Å². The molecule has 0 atom stereocenters. The molecule has 0 aromatic carbocycles. The zero-order valence-corrected chi connectivity index (χ0v) is 13.0. The van der Waals surface area contributed by atoms with E-state index in [0.717, 1.165) is 23.9 Å². The molecule has 4 rings (SSSR count). The summed E-state index contributed by atoms with van der Waals surface area (Å²) in [7, 11) is 1.30. The fourth-order valence-corrected chi connectivity index (χ4v) is 3.31. The van der Waals surface area contributed by atoms with Gasteiger partial charge in [-0.25, -0.2) is 9.78 Å². The van der Waals surface area contributed by atoms with Gasteiger partial charge in [0.1, 0.15) is 11.0 Å². The molecule has 3 N–H and O–H groups in total. The number of amides is 1. The first-order valence-electron chi connectivity index (χ1n) is 8.03. The molecule has 0 unspecified atom stereocenters. The molecule has 2 aromatic heterocycles. The van der Waals surface area contributed by atoms with Crippen LogP contribution in [0.1, 0.15) is 25.7 Å². The number of ether oxygens (including phenoxy) is 1. The predicted octanol–water partition coefficient (Wildman–Crippen LogP) is 2.38. The Kier molecular flexibility index (Phi) is 3.51. The van der Waals surface area contributed by atoms with E-state index < -0.39 is 6.09 Å². The van der Waals surface area contributed by atoms with Gasteiger partial charge in [-0.15, -0.1) is 0 Å². The van der Waals surface area contributed by atoms with Gasteiger partial charge < -0.3 is 10.1 Å². The molecule has 2 saturated carbocycles. The monoisotopic (exact) mass is 316 g/mol. The molecule has 8 nitrogen and oxygen atoms in total. The molecule has 2 aromatic rings. The molecule has 1 amide bonds. The molecule has 0 aliphatic heterocycles. The number of fused-ring (bicyclic) bond motifs is 1. The highest BCUT2D eigenvalue weighted by Gasteiger charge is 2.39. The van der Waals surface area contributed by atoms with E-state index in [1.165, 1.54) is 32.8 Å². The summed E-state index contributed by atoms with van der Waals surface area (Å²) in [5.74, 6) is 3.51. The van der Waals surface area contributed by atoms with E-state index >= 15 is 0 Å². The summed E-state index contributed by atoms with van der Waals surface area (Å²) in [4.78, 5) is 19.9. The molecular formula is C15H20N6O2. The lowest BCUT2D eigenvalue weighted by Crippen LogP contribution is -2.31. The number of rotatable bonds is 5. The molecular weight excluding hydrogens is 296 g/mol. The van der Waals surface area contributed by atoms with Crippen LogP contribution in [0.5, 0.6) is 0 Å². The van der Waals surface area contributed by atoms with Crippen LogP contribution in [-0.4, -0.2) is 39.9 Å². The molecule has 2 aliphatic carbocycles. The maximum Gasteiger partial charge on any atom is 0.413 e. The smallest absolute Gasteiger partial charge is 0.413 e. The zero-order chi connectivity index (χ0) is 15.8. The lowest BCUT2D eigenvalue weighted by Gasteiger charge is -2.35. The number of anilines is 2. The standard InChI is InChI=1S/C15H20N6O2/c1-23-15(22)20-14-18-11-7-17-21-12(11)13(19-14)16-6-8-4-10(5-8)9-2-3-9/h7-10H,2-6H2,1H3,(H,17,21)(H2,16,18,19,20,22). The number of hydrogen-bond donors (Lipinski definition) is 3. The summed E-state index contributed by atoms with van der Waals surface area (Å²) >= 11 is 0. The van der Waals surface area contributed by atoms with Gasteiger partial charge >= 0.3 is 6.09 Å². The maximum atomic E-state index is 11.3. The topological polar surface area (TPSA) is 105 Å². The van der Waals surface area contributed by atoms with E-state index in [2.05, 4.69) is 35.5 Å². The van der Waals surface area contributed by atoms with Crippen LogP contribution in [0.2, 0.25) is 0 Å². The van der Waals surface area contributed by atoms with Crippen LogP contribution >= 0.6 is 0 Å². The molecule has 2 fully saturated rings. The largest absolute Gasteiger partial charge is 0.453 e. The number of aromatic nitrogens is 4. The Labute approximate surface area is 133 Å². The van der Waals surface area contributed by atoms with E-state index in [9.17, 15) is 4.79 Å². The van der Waals surface area contributed by atoms with Crippen LogP contribution in [-0.2, 0) is 4.74 Å². The van der Waals surface area contributed by atoms with Crippen molar-refractivity contribution in [1.82, 2.24) is 20.2 Å². The van der Waals surface area contributed by atoms with Crippen LogP contribution in [0.4, 0.5) is 16.6 Å². The number of aromatic amines is 1. The molecule has 122 valence electrons. The van der Waals surface area contributed by atoms with E-state index in [4.69, 9.17) is 0 Å². The minimum Gasteiger partial charge on any atom is -0.453 e. The molecule has 0 radical (unpaired) electrons. The number of nitrogens with zero attached hydrogens (tertiary/aromatic N) is 3. The van der Waals surface area contributed by atoms with Crippen molar-refractivity contribution in [2.24, 2.45) is 17.8 Å². The van der Waals surface area contributed by atoms with Crippen LogP contribution < -0.4 is 10.6 Å². The maximum absolute atomic E-state index is 11.3. The van der Waals surface area contributed by atoms with Crippen molar-refractivity contribution in [2.45, 2.75) is 25.7 Å². The Balaban J connectivity index is 1.44. The Morgan fingerprint density at radius 3 is 2.91 bits per heavy atom. The van der Waals surface area contributed by atoms with E-state index in [1.54, 1.807) is 6.20 Å². The van der Waals surface area contributed by atoms with Crippen LogP contribution in [0, 0.1) is 17.8 Å². The zero-order valence-electron chi connectivity index (χ0n) is 13.0. The summed E-state index contributed by atoms with van der Waals surface area (Å²) < 4.78 is 4.58. The van der Waals surface area contributed by atoms with Gasteiger partial charge in [0.05, 0.1) is 13.3 Å². The van der Waals surface area contributed by atoms with Gasteiger partial charge in [0.25, 0.3) is 0 Å². The van der Waals surface area contributed by atoms with Crippen LogP contribution in [0.3, 0.4) is 0 Å². The van der Waals surface area contributed by atoms with E-state index in [-0.39, 0.29) is 5.95 Å². The molecule has 2 aliphatic rings. The minimum absolute atomic E-state index is 0.206. The second kappa shape index (κ2) is 5.68. The van der Waals surface area contributed by atoms with Crippen molar-refractivity contribution < 1.29 is 9.53 Å². The van der Waals surface area contributed by atoms with Crippen molar-refractivity contribution in [3.63, 3.8) is 0 Å². The first-order chi connectivity index (χ1) is 11.2. The molecule has 0 saturated heterocycles. The Morgan fingerprint density at radius 1 is 1.35 bits per heavy atom. The number of carbonyl (C=O) groups is 1. The molecule has 23 heavy (non-hydrogen) atoms. The van der Waals surface area contributed by atoms with Gasteiger partial charge in [0, 0.05) is 6.54 Å². The van der Waals surface area contributed by atoms with Crippen molar-refractivity contribution in [1.29, 1.82) is 0 Å². The van der Waals surface area contributed by atoms with Crippen LogP contribution in [0.25, 0.3) is 11.0 Å². The summed E-state index contributed by atoms with van der Waals surface area (Å²) in [5.41, 5.74) is 1.40. The fourth-order valence-electron chi connectivity index (χ4n) is 3.31. The summed E-state index contributed by atoms with van der Waals surface area (Å²) in [6, 6.07) is 0. The Hall–Kier alpha value is -2.38. The number of nitrogens with one attached hydrogen (secondary N) is 3. The van der Waals surface area contributed by atoms with Crippen molar-refractivity contribution in [3.05, 3.63) is 6.20 Å². The lowest BCUT2D eigenvalue weighted by atomic mass is 9.72. The van der Waals surface area contributed by atoms with Crippen LogP contribution in [0.15, 0.2) is 6.20 Å². The predicted molar refractivity (Wildman–Crippen MR) is 85.1 cm³/mol. The van der Waals surface area contributed by atoms with Gasteiger partial charge in [0.15, 0.2) is 5.82 Å². The molecule has 0 bridgehead atoms. The number of H-pyrrole nitrogens is 1. The quantitative estimate of drug-likeness (QED) is 0.782. The second-order valence-electron chi connectivity index (χ2n) is 6.46. The van der Waals surface area contributed by atoms with Crippen molar-refractivity contribution >= 4 is 28.9 Å². The summed E-state index contributed by atoms with van der Waals surface area (Å²) in [6.45, 7) is 0.881. The highest BCUT2D eigenvalue weighted by Crippen LogP contribution is 2.49.